The SMILES string of the molecule is CC1=NC(C)NC(C)C1C#N. The van der Waals surface area contributed by atoms with Gasteiger partial charge in [-0.2, -0.15) is 5.26 Å². The average molecular weight is 151 g/mol. The Hall–Kier alpha value is -0.880. The molecule has 0 saturated heterocycles. The maximum atomic E-state index is 8.75. The molecule has 0 aromatic carbocycles. The van der Waals surface area contributed by atoms with Crippen LogP contribution in [0.4, 0.5) is 0 Å². The molecule has 0 saturated carbocycles. The van der Waals surface area contributed by atoms with Crippen molar-refractivity contribution in [2.45, 2.75) is 33.0 Å². The molecule has 0 amide bonds. The van der Waals surface area contributed by atoms with Gasteiger partial charge in [-0.1, -0.05) is 0 Å². The number of nitrogens with one attached hydrogen (secondary N) is 1. The molecule has 3 heteroatoms. The molecule has 0 radical (unpaired) electrons. The van der Waals surface area contributed by atoms with Crippen molar-refractivity contribution in [1.29, 1.82) is 5.26 Å². The van der Waals surface area contributed by atoms with Gasteiger partial charge in [-0.15, -0.1) is 0 Å². The van der Waals surface area contributed by atoms with Crippen LogP contribution in [0, 0.1) is 17.2 Å². The second-order valence-corrected chi connectivity index (χ2v) is 3.01. The van der Waals surface area contributed by atoms with Crippen LogP contribution in [-0.4, -0.2) is 17.9 Å². The zero-order valence-electron chi connectivity index (χ0n) is 7.13. The van der Waals surface area contributed by atoms with Gasteiger partial charge in [0.1, 0.15) is 0 Å². The number of aliphatic imine (C=N–C) groups is 1. The van der Waals surface area contributed by atoms with Crippen molar-refractivity contribution in [3.63, 3.8) is 0 Å². The summed E-state index contributed by atoms with van der Waals surface area (Å²) in [7, 11) is 0. The Kier molecular flexibility index (Phi) is 2.25. The summed E-state index contributed by atoms with van der Waals surface area (Å²) >= 11 is 0. The van der Waals surface area contributed by atoms with Crippen molar-refractivity contribution in [2.75, 3.05) is 0 Å². The van der Waals surface area contributed by atoms with E-state index in [0.717, 1.165) is 5.71 Å². The largest absolute Gasteiger partial charge is 0.292 e. The molecule has 1 N–H and O–H groups in total. The second kappa shape index (κ2) is 3.02. The van der Waals surface area contributed by atoms with Crippen LogP contribution in [0.5, 0.6) is 0 Å². The van der Waals surface area contributed by atoms with Gasteiger partial charge in [0, 0.05) is 11.8 Å². The molecule has 0 spiro atoms. The molecular weight excluding hydrogens is 138 g/mol. The monoisotopic (exact) mass is 151 g/mol. The standard InChI is InChI=1S/C8H13N3/c1-5-8(4-9)6(2)11-7(3)10-5/h5,7-8,10H,1-3H3. The summed E-state index contributed by atoms with van der Waals surface area (Å²) in [6, 6.07) is 2.46. The first-order chi connectivity index (χ1) is 5.15. The Labute approximate surface area is 67.1 Å². The molecule has 0 fully saturated rings. The molecule has 1 rings (SSSR count). The third-order valence-corrected chi connectivity index (χ3v) is 1.99. The molecule has 0 aromatic rings. The van der Waals surface area contributed by atoms with E-state index in [9.17, 15) is 0 Å². The van der Waals surface area contributed by atoms with Gasteiger partial charge in [0.25, 0.3) is 0 Å². The molecule has 3 unspecified atom stereocenters. The third-order valence-electron chi connectivity index (χ3n) is 1.99. The minimum atomic E-state index is -0.0498. The van der Waals surface area contributed by atoms with Gasteiger partial charge in [-0.05, 0) is 20.8 Å². The molecule has 0 aliphatic carbocycles. The van der Waals surface area contributed by atoms with E-state index in [1.165, 1.54) is 0 Å². The Bertz CT molecular complexity index is 214. The maximum Gasteiger partial charge on any atom is 0.0989 e. The lowest BCUT2D eigenvalue weighted by Gasteiger charge is -2.27. The zero-order valence-corrected chi connectivity index (χ0v) is 7.13. The fourth-order valence-electron chi connectivity index (χ4n) is 1.47. The van der Waals surface area contributed by atoms with Gasteiger partial charge >= 0.3 is 0 Å². The lowest BCUT2D eigenvalue weighted by molar-refractivity contribution is 0.424. The van der Waals surface area contributed by atoms with Gasteiger partial charge in [0.05, 0.1) is 18.2 Å². The van der Waals surface area contributed by atoms with Crippen LogP contribution >= 0.6 is 0 Å². The highest BCUT2D eigenvalue weighted by Gasteiger charge is 2.25. The van der Waals surface area contributed by atoms with E-state index in [1.54, 1.807) is 0 Å². The average Bonchev–Trinajstić information content (AvgIpc) is 1.85. The predicted octanol–water partition coefficient (Wildman–Crippen LogP) is 0.925. The summed E-state index contributed by atoms with van der Waals surface area (Å²) in [5.41, 5.74) is 0.950. The van der Waals surface area contributed by atoms with Crippen molar-refractivity contribution in [2.24, 2.45) is 10.9 Å². The summed E-state index contributed by atoms with van der Waals surface area (Å²) in [6.45, 7) is 5.93. The van der Waals surface area contributed by atoms with Crippen molar-refractivity contribution in [3.05, 3.63) is 0 Å². The Morgan fingerprint density at radius 1 is 1.55 bits per heavy atom. The Morgan fingerprint density at radius 3 is 2.64 bits per heavy atom. The van der Waals surface area contributed by atoms with E-state index < -0.39 is 0 Å². The topological polar surface area (TPSA) is 48.2 Å². The van der Waals surface area contributed by atoms with Crippen LogP contribution in [0.15, 0.2) is 4.99 Å². The summed E-state index contributed by atoms with van der Waals surface area (Å²) in [5, 5.41) is 11.9. The molecule has 3 atom stereocenters. The normalized spacial score (nSPS) is 37.6. The van der Waals surface area contributed by atoms with Crippen LogP contribution in [-0.2, 0) is 0 Å². The third kappa shape index (κ3) is 1.58. The predicted molar refractivity (Wildman–Crippen MR) is 44.3 cm³/mol. The summed E-state index contributed by atoms with van der Waals surface area (Å²) in [6.07, 6.45) is 0.162. The van der Waals surface area contributed by atoms with E-state index in [4.69, 9.17) is 5.26 Å². The first-order valence-electron chi connectivity index (χ1n) is 3.85. The lowest BCUT2D eigenvalue weighted by atomic mass is 9.96. The van der Waals surface area contributed by atoms with E-state index in [-0.39, 0.29) is 18.1 Å². The molecular formula is C8H13N3. The fourth-order valence-corrected chi connectivity index (χ4v) is 1.47. The Morgan fingerprint density at radius 2 is 2.18 bits per heavy atom. The number of hydrogen-bond donors (Lipinski definition) is 1. The minimum Gasteiger partial charge on any atom is -0.292 e. The maximum absolute atomic E-state index is 8.75. The van der Waals surface area contributed by atoms with Crippen LogP contribution in [0.2, 0.25) is 0 Å². The van der Waals surface area contributed by atoms with Crippen LogP contribution in [0.25, 0.3) is 0 Å². The van der Waals surface area contributed by atoms with Gasteiger partial charge in [0.15, 0.2) is 0 Å². The van der Waals surface area contributed by atoms with Gasteiger partial charge < -0.3 is 0 Å². The first kappa shape index (κ1) is 8.22. The van der Waals surface area contributed by atoms with Crippen LogP contribution in [0.1, 0.15) is 20.8 Å². The van der Waals surface area contributed by atoms with E-state index >= 15 is 0 Å². The van der Waals surface area contributed by atoms with Gasteiger partial charge in [0.2, 0.25) is 0 Å². The first-order valence-corrected chi connectivity index (χ1v) is 3.85. The van der Waals surface area contributed by atoms with Crippen molar-refractivity contribution in [1.82, 2.24) is 5.32 Å². The molecule has 1 aliphatic heterocycles. The molecule has 0 bridgehead atoms. The van der Waals surface area contributed by atoms with E-state index in [2.05, 4.69) is 16.4 Å². The number of hydrogen-bond acceptors (Lipinski definition) is 3. The second-order valence-electron chi connectivity index (χ2n) is 3.01. The van der Waals surface area contributed by atoms with Crippen molar-refractivity contribution < 1.29 is 0 Å². The highest BCUT2D eigenvalue weighted by atomic mass is 15.1. The molecule has 1 heterocycles. The van der Waals surface area contributed by atoms with Crippen molar-refractivity contribution >= 4 is 5.71 Å². The van der Waals surface area contributed by atoms with E-state index in [1.807, 2.05) is 20.8 Å². The summed E-state index contributed by atoms with van der Waals surface area (Å²) in [4.78, 5) is 4.27. The van der Waals surface area contributed by atoms with Crippen molar-refractivity contribution in [3.8, 4) is 6.07 Å². The number of rotatable bonds is 0. The highest BCUT2D eigenvalue weighted by Crippen LogP contribution is 2.12. The lowest BCUT2D eigenvalue weighted by Crippen LogP contribution is -2.45. The minimum absolute atomic E-state index is 0.0498. The highest BCUT2D eigenvalue weighted by molar-refractivity contribution is 5.87. The molecule has 60 valence electrons. The fraction of sp³-hybridized carbons (Fsp3) is 0.750. The quantitative estimate of drug-likeness (QED) is 0.559. The molecule has 1 aliphatic rings. The molecule has 3 nitrogen and oxygen atoms in total. The molecule has 0 aromatic heterocycles. The van der Waals surface area contributed by atoms with Gasteiger partial charge in [-0.3, -0.25) is 10.3 Å². The number of nitrogens with zero attached hydrogens (tertiary/aromatic N) is 2. The van der Waals surface area contributed by atoms with Gasteiger partial charge in [-0.25, -0.2) is 0 Å². The van der Waals surface area contributed by atoms with Crippen LogP contribution in [0.3, 0.4) is 0 Å². The van der Waals surface area contributed by atoms with E-state index in [0.29, 0.717) is 0 Å². The zero-order chi connectivity index (χ0) is 8.43. The van der Waals surface area contributed by atoms with Crippen LogP contribution < -0.4 is 5.32 Å². The smallest absolute Gasteiger partial charge is 0.0989 e. The summed E-state index contributed by atoms with van der Waals surface area (Å²) in [5.74, 6) is -0.0498. The summed E-state index contributed by atoms with van der Waals surface area (Å²) < 4.78 is 0. The Balaban J connectivity index is 2.82. The number of nitriles is 1. The molecule has 11 heavy (non-hydrogen) atoms.